The fraction of sp³-hybridized carbons (Fsp3) is 0.214. The number of benzene rings is 1. The van der Waals surface area contributed by atoms with Gasteiger partial charge in [-0.3, -0.25) is 10.8 Å². The van der Waals surface area contributed by atoms with Gasteiger partial charge in [0, 0.05) is 18.0 Å². The maximum absolute atomic E-state index is 5.68. The lowest BCUT2D eigenvalue weighted by Crippen LogP contribution is -2.29. The van der Waals surface area contributed by atoms with E-state index in [-0.39, 0.29) is 6.04 Å². The average Bonchev–Trinajstić information content (AvgIpc) is 2.41. The summed E-state index contributed by atoms with van der Waals surface area (Å²) in [6.45, 7) is 2.04. The van der Waals surface area contributed by atoms with E-state index in [1.165, 1.54) is 0 Å². The third-order valence-electron chi connectivity index (χ3n) is 2.88. The van der Waals surface area contributed by atoms with Crippen molar-refractivity contribution in [2.24, 2.45) is 5.84 Å². The summed E-state index contributed by atoms with van der Waals surface area (Å²) in [6.07, 6.45) is 3.54. The molecule has 1 aromatic heterocycles. The summed E-state index contributed by atoms with van der Waals surface area (Å²) in [5, 5.41) is 0. The first-order valence-corrected chi connectivity index (χ1v) is 5.77. The lowest BCUT2D eigenvalue weighted by molar-refractivity contribution is 0.404. The average molecular weight is 243 g/mol. The Morgan fingerprint density at radius 1 is 1.33 bits per heavy atom. The van der Waals surface area contributed by atoms with Crippen LogP contribution in [0, 0.1) is 6.92 Å². The van der Waals surface area contributed by atoms with E-state index in [9.17, 15) is 0 Å². The zero-order valence-electron chi connectivity index (χ0n) is 10.6. The van der Waals surface area contributed by atoms with Crippen LogP contribution in [0.15, 0.2) is 42.7 Å². The number of aryl methyl sites for hydroxylation is 1. The van der Waals surface area contributed by atoms with Gasteiger partial charge in [-0.15, -0.1) is 0 Å². The van der Waals surface area contributed by atoms with E-state index in [1.54, 1.807) is 19.5 Å². The van der Waals surface area contributed by atoms with Gasteiger partial charge in [0.15, 0.2) is 0 Å². The van der Waals surface area contributed by atoms with Crippen LogP contribution in [0.5, 0.6) is 5.75 Å². The van der Waals surface area contributed by atoms with E-state index >= 15 is 0 Å². The van der Waals surface area contributed by atoms with E-state index in [0.29, 0.717) is 0 Å². The first-order chi connectivity index (χ1) is 8.76. The SMILES string of the molecule is COc1ccc(C)cc1C(NN)c1cccnc1. The number of methoxy groups -OCH3 is 1. The predicted octanol–water partition coefficient (Wildman–Crippen LogP) is 1.95. The molecule has 0 spiro atoms. The Balaban J connectivity index is 2.48. The summed E-state index contributed by atoms with van der Waals surface area (Å²) in [5.74, 6) is 6.49. The van der Waals surface area contributed by atoms with E-state index in [1.807, 2.05) is 31.2 Å². The van der Waals surface area contributed by atoms with Crippen LogP contribution in [-0.4, -0.2) is 12.1 Å². The van der Waals surface area contributed by atoms with Gasteiger partial charge in [0.05, 0.1) is 13.2 Å². The van der Waals surface area contributed by atoms with Crippen molar-refractivity contribution in [3.63, 3.8) is 0 Å². The molecule has 0 saturated carbocycles. The van der Waals surface area contributed by atoms with Crippen molar-refractivity contribution >= 4 is 0 Å². The Hall–Kier alpha value is -1.91. The number of pyridine rings is 1. The first kappa shape index (κ1) is 12.5. The largest absolute Gasteiger partial charge is 0.496 e. The Kier molecular flexibility index (Phi) is 3.92. The van der Waals surface area contributed by atoms with Crippen molar-refractivity contribution in [2.75, 3.05) is 7.11 Å². The van der Waals surface area contributed by atoms with Crippen molar-refractivity contribution in [1.29, 1.82) is 0 Å². The van der Waals surface area contributed by atoms with Crippen LogP contribution in [-0.2, 0) is 0 Å². The summed E-state index contributed by atoms with van der Waals surface area (Å²) in [7, 11) is 1.66. The Morgan fingerprint density at radius 2 is 2.17 bits per heavy atom. The van der Waals surface area contributed by atoms with E-state index < -0.39 is 0 Å². The second kappa shape index (κ2) is 5.62. The molecule has 0 fully saturated rings. The minimum atomic E-state index is -0.131. The zero-order chi connectivity index (χ0) is 13.0. The van der Waals surface area contributed by atoms with Crippen molar-refractivity contribution in [2.45, 2.75) is 13.0 Å². The lowest BCUT2D eigenvalue weighted by atomic mass is 9.98. The van der Waals surface area contributed by atoms with Gasteiger partial charge in [-0.25, -0.2) is 5.43 Å². The van der Waals surface area contributed by atoms with Crippen molar-refractivity contribution in [3.8, 4) is 5.75 Å². The van der Waals surface area contributed by atoms with Gasteiger partial charge in [0.25, 0.3) is 0 Å². The molecule has 2 aromatic rings. The number of nitrogens with two attached hydrogens (primary N) is 1. The molecular weight excluding hydrogens is 226 g/mol. The highest BCUT2D eigenvalue weighted by Crippen LogP contribution is 2.29. The van der Waals surface area contributed by atoms with Gasteiger partial charge >= 0.3 is 0 Å². The molecule has 0 aliphatic rings. The third-order valence-corrected chi connectivity index (χ3v) is 2.88. The summed E-state index contributed by atoms with van der Waals surface area (Å²) in [6, 6.07) is 9.77. The standard InChI is InChI=1S/C14H17N3O/c1-10-5-6-13(18-2)12(8-10)14(17-15)11-4-3-7-16-9-11/h3-9,14,17H,15H2,1-2H3. The van der Waals surface area contributed by atoms with Crippen LogP contribution in [0.3, 0.4) is 0 Å². The normalized spacial score (nSPS) is 12.2. The highest BCUT2D eigenvalue weighted by atomic mass is 16.5. The molecule has 4 nitrogen and oxygen atoms in total. The van der Waals surface area contributed by atoms with Gasteiger partial charge in [-0.05, 0) is 24.6 Å². The second-order valence-corrected chi connectivity index (χ2v) is 4.13. The quantitative estimate of drug-likeness (QED) is 0.636. The number of hydrogen-bond acceptors (Lipinski definition) is 4. The molecule has 94 valence electrons. The van der Waals surface area contributed by atoms with Crippen LogP contribution in [0.2, 0.25) is 0 Å². The van der Waals surface area contributed by atoms with Gasteiger partial charge in [0.2, 0.25) is 0 Å². The van der Waals surface area contributed by atoms with Gasteiger partial charge in [-0.1, -0.05) is 23.8 Å². The minimum absolute atomic E-state index is 0.131. The maximum Gasteiger partial charge on any atom is 0.124 e. The van der Waals surface area contributed by atoms with Gasteiger partial charge < -0.3 is 4.74 Å². The van der Waals surface area contributed by atoms with Crippen molar-refractivity contribution < 1.29 is 4.74 Å². The minimum Gasteiger partial charge on any atom is -0.496 e. The number of nitrogens with one attached hydrogen (secondary N) is 1. The molecule has 18 heavy (non-hydrogen) atoms. The highest BCUT2D eigenvalue weighted by Gasteiger charge is 2.17. The Morgan fingerprint density at radius 3 is 2.78 bits per heavy atom. The lowest BCUT2D eigenvalue weighted by Gasteiger charge is -2.19. The van der Waals surface area contributed by atoms with Crippen LogP contribution in [0.4, 0.5) is 0 Å². The van der Waals surface area contributed by atoms with Crippen LogP contribution in [0.25, 0.3) is 0 Å². The topological polar surface area (TPSA) is 60.2 Å². The fourth-order valence-corrected chi connectivity index (χ4v) is 1.99. The molecule has 3 N–H and O–H groups in total. The number of aromatic nitrogens is 1. The molecule has 0 bridgehead atoms. The Labute approximate surface area is 107 Å². The molecule has 1 heterocycles. The van der Waals surface area contributed by atoms with Gasteiger partial charge in [-0.2, -0.15) is 0 Å². The molecule has 2 rings (SSSR count). The fourth-order valence-electron chi connectivity index (χ4n) is 1.99. The Bertz CT molecular complexity index is 514. The summed E-state index contributed by atoms with van der Waals surface area (Å²) >= 11 is 0. The highest BCUT2D eigenvalue weighted by molar-refractivity contribution is 5.43. The van der Waals surface area contributed by atoms with Crippen LogP contribution in [0.1, 0.15) is 22.7 Å². The second-order valence-electron chi connectivity index (χ2n) is 4.13. The molecule has 1 atom stereocenters. The molecule has 1 aromatic carbocycles. The number of ether oxygens (including phenoxy) is 1. The van der Waals surface area contributed by atoms with E-state index in [2.05, 4.69) is 16.5 Å². The predicted molar refractivity (Wildman–Crippen MR) is 71.1 cm³/mol. The van der Waals surface area contributed by atoms with Crippen LogP contribution < -0.4 is 16.0 Å². The van der Waals surface area contributed by atoms with E-state index in [4.69, 9.17) is 10.6 Å². The van der Waals surface area contributed by atoms with Crippen molar-refractivity contribution in [3.05, 3.63) is 59.4 Å². The number of nitrogens with zero attached hydrogens (tertiary/aromatic N) is 1. The number of hydrogen-bond donors (Lipinski definition) is 2. The van der Waals surface area contributed by atoms with Gasteiger partial charge in [0.1, 0.15) is 5.75 Å². The van der Waals surface area contributed by atoms with Crippen molar-refractivity contribution in [1.82, 2.24) is 10.4 Å². The maximum atomic E-state index is 5.68. The molecule has 0 radical (unpaired) electrons. The molecule has 0 aliphatic carbocycles. The summed E-state index contributed by atoms with van der Waals surface area (Å²) in [4.78, 5) is 4.12. The number of hydrazine groups is 1. The first-order valence-electron chi connectivity index (χ1n) is 5.77. The molecule has 4 heteroatoms. The smallest absolute Gasteiger partial charge is 0.124 e. The molecule has 1 unspecified atom stereocenters. The summed E-state index contributed by atoms with van der Waals surface area (Å²) in [5.41, 5.74) is 5.99. The number of rotatable bonds is 4. The third kappa shape index (κ3) is 2.50. The van der Waals surface area contributed by atoms with Crippen LogP contribution >= 0.6 is 0 Å². The molecule has 0 amide bonds. The zero-order valence-corrected chi connectivity index (χ0v) is 10.6. The van der Waals surface area contributed by atoms with E-state index in [0.717, 1.165) is 22.4 Å². The summed E-state index contributed by atoms with van der Waals surface area (Å²) < 4.78 is 5.39. The monoisotopic (exact) mass is 243 g/mol. The molecular formula is C14H17N3O. The molecule has 0 aliphatic heterocycles. The molecule has 0 saturated heterocycles.